The van der Waals surface area contributed by atoms with Gasteiger partial charge in [-0.3, -0.25) is 9.36 Å². The van der Waals surface area contributed by atoms with Crippen LogP contribution in [-0.2, 0) is 19.9 Å². The van der Waals surface area contributed by atoms with E-state index in [1.807, 2.05) is 7.05 Å². The first kappa shape index (κ1) is 11.3. The molecule has 90 valence electrons. The number of thioether (sulfide) groups is 1. The smallest absolute Gasteiger partial charge is 0.271 e. The maximum atomic E-state index is 12.2. The Labute approximate surface area is 108 Å². The third-order valence-corrected chi connectivity index (χ3v) is 5.34. The zero-order valence-electron chi connectivity index (χ0n) is 9.95. The molecule has 0 spiro atoms. The lowest BCUT2D eigenvalue weighted by Crippen LogP contribution is -2.19. The highest BCUT2D eigenvalue weighted by Crippen LogP contribution is 2.35. The summed E-state index contributed by atoms with van der Waals surface area (Å²) in [6.45, 7) is 2.08. The van der Waals surface area contributed by atoms with Gasteiger partial charge in [-0.25, -0.2) is 4.98 Å². The van der Waals surface area contributed by atoms with Crippen LogP contribution >= 0.6 is 23.1 Å². The van der Waals surface area contributed by atoms with Crippen molar-refractivity contribution in [1.29, 1.82) is 0 Å². The number of thiophene rings is 1. The lowest BCUT2D eigenvalue weighted by atomic mass is 10.2. The van der Waals surface area contributed by atoms with E-state index in [0.29, 0.717) is 0 Å². The molecular weight excluding hydrogens is 252 g/mol. The number of hydrogen-bond acceptors (Lipinski definition) is 4. The second-order valence-electron chi connectivity index (χ2n) is 4.23. The van der Waals surface area contributed by atoms with Crippen LogP contribution in [0.25, 0.3) is 10.2 Å². The number of rotatable bonds is 2. The summed E-state index contributed by atoms with van der Waals surface area (Å²) in [5.41, 5.74) is 2.42. The predicted molar refractivity (Wildman–Crippen MR) is 73.3 cm³/mol. The summed E-state index contributed by atoms with van der Waals surface area (Å²) in [6.07, 6.45) is 3.42. The first-order valence-corrected chi connectivity index (χ1v) is 7.66. The Bertz CT molecular complexity index is 642. The highest BCUT2D eigenvalue weighted by Gasteiger charge is 2.21. The predicted octanol–water partition coefficient (Wildman–Crippen LogP) is 2.60. The molecule has 0 saturated heterocycles. The average molecular weight is 266 g/mol. The van der Waals surface area contributed by atoms with Gasteiger partial charge < -0.3 is 0 Å². The zero-order chi connectivity index (χ0) is 12.0. The first-order valence-electron chi connectivity index (χ1n) is 5.86. The quantitative estimate of drug-likeness (QED) is 0.619. The largest absolute Gasteiger partial charge is 0.290 e. The van der Waals surface area contributed by atoms with Crippen LogP contribution in [0.15, 0.2) is 9.95 Å². The molecule has 0 atom stereocenters. The molecule has 0 saturated carbocycles. The van der Waals surface area contributed by atoms with Gasteiger partial charge in [0.2, 0.25) is 0 Å². The number of fused-ring (bicyclic) bond motifs is 3. The fourth-order valence-electron chi connectivity index (χ4n) is 2.32. The third kappa shape index (κ3) is 1.64. The second-order valence-corrected chi connectivity index (χ2v) is 6.56. The van der Waals surface area contributed by atoms with Gasteiger partial charge >= 0.3 is 0 Å². The zero-order valence-corrected chi connectivity index (χ0v) is 11.6. The molecule has 5 heteroatoms. The summed E-state index contributed by atoms with van der Waals surface area (Å²) in [5, 5.41) is 0.845. The maximum Gasteiger partial charge on any atom is 0.271 e. The molecule has 3 rings (SSSR count). The van der Waals surface area contributed by atoms with Crippen LogP contribution in [0.2, 0.25) is 0 Å². The monoisotopic (exact) mass is 266 g/mol. The van der Waals surface area contributed by atoms with E-state index >= 15 is 0 Å². The summed E-state index contributed by atoms with van der Waals surface area (Å²) in [5.74, 6) is 0.943. The van der Waals surface area contributed by atoms with E-state index in [4.69, 9.17) is 4.98 Å². The van der Waals surface area contributed by atoms with Crippen molar-refractivity contribution in [3.05, 3.63) is 20.8 Å². The van der Waals surface area contributed by atoms with Crippen molar-refractivity contribution in [2.24, 2.45) is 7.05 Å². The SMILES string of the molecule is CCSc1nc2c3c(sc2c(=O)n1C)CCC3. The Morgan fingerprint density at radius 2 is 2.29 bits per heavy atom. The van der Waals surface area contributed by atoms with Crippen molar-refractivity contribution < 1.29 is 0 Å². The molecule has 1 aliphatic rings. The van der Waals surface area contributed by atoms with Crippen LogP contribution in [0.1, 0.15) is 23.8 Å². The van der Waals surface area contributed by atoms with Gasteiger partial charge in [0.25, 0.3) is 5.56 Å². The molecule has 0 bridgehead atoms. The standard InChI is InChI=1S/C12H14N2OS2/c1-3-16-12-13-9-7-5-4-6-8(7)17-10(9)11(15)14(12)2/h3-6H2,1-2H3. The van der Waals surface area contributed by atoms with Gasteiger partial charge in [0.15, 0.2) is 5.16 Å². The van der Waals surface area contributed by atoms with Gasteiger partial charge in [0.1, 0.15) is 4.70 Å². The van der Waals surface area contributed by atoms with Crippen LogP contribution < -0.4 is 5.56 Å². The highest BCUT2D eigenvalue weighted by molar-refractivity contribution is 7.99. The van der Waals surface area contributed by atoms with Crippen molar-refractivity contribution in [2.75, 3.05) is 5.75 Å². The fraction of sp³-hybridized carbons (Fsp3) is 0.500. The Kier molecular flexibility index (Phi) is 2.75. The van der Waals surface area contributed by atoms with Crippen molar-refractivity contribution in [2.45, 2.75) is 31.3 Å². The first-order chi connectivity index (χ1) is 8.22. The summed E-state index contributed by atoms with van der Waals surface area (Å²) < 4.78 is 2.53. The minimum atomic E-state index is 0.116. The lowest BCUT2D eigenvalue weighted by Gasteiger charge is -2.05. The van der Waals surface area contributed by atoms with E-state index in [-0.39, 0.29) is 5.56 Å². The van der Waals surface area contributed by atoms with Crippen LogP contribution in [0.3, 0.4) is 0 Å². The van der Waals surface area contributed by atoms with Crippen LogP contribution in [-0.4, -0.2) is 15.3 Å². The fourth-order valence-corrected chi connectivity index (χ4v) is 4.31. The minimum absolute atomic E-state index is 0.116. The van der Waals surface area contributed by atoms with E-state index in [1.54, 1.807) is 27.7 Å². The van der Waals surface area contributed by atoms with E-state index in [1.165, 1.54) is 16.9 Å². The van der Waals surface area contributed by atoms with Crippen LogP contribution in [0, 0.1) is 0 Å². The molecule has 0 aliphatic heterocycles. The third-order valence-electron chi connectivity index (χ3n) is 3.16. The van der Waals surface area contributed by atoms with Gasteiger partial charge in [-0.05, 0) is 30.6 Å². The Hall–Kier alpha value is -0.810. The number of hydrogen-bond donors (Lipinski definition) is 0. The molecule has 0 unspecified atom stereocenters. The van der Waals surface area contributed by atoms with E-state index in [9.17, 15) is 4.79 Å². The molecule has 2 aromatic heterocycles. The Morgan fingerprint density at radius 1 is 1.47 bits per heavy atom. The van der Waals surface area contributed by atoms with Crippen LogP contribution in [0.5, 0.6) is 0 Å². The van der Waals surface area contributed by atoms with Crippen LogP contribution in [0.4, 0.5) is 0 Å². The van der Waals surface area contributed by atoms with Crippen molar-refractivity contribution in [3.63, 3.8) is 0 Å². The summed E-state index contributed by atoms with van der Waals surface area (Å²) >= 11 is 3.29. The molecule has 2 heterocycles. The minimum Gasteiger partial charge on any atom is -0.290 e. The molecule has 2 aromatic rings. The molecule has 0 amide bonds. The Balaban J connectivity index is 2.33. The maximum absolute atomic E-state index is 12.2. The highest BCUT2D eigenvalue weighted by atomic mass is 32.2. The molecule has 3 nitrogen and oxygen atoms in total. The second kappa shape index (κ2) is 4.14. The average Bonchev–Trinajstić information content (AvgIpc) is 2.87. The summed E-state index contributed by atoms with van der Waals surface area (Å²) in [4.78, 5) is 18.3. The number of aromatic nitrogens is 2. The summed E-state index contributed by atoms with van der Waals surface area (Å²) in [6, 6.07) is 0. The number of aryl methyl sites for hydroxylation is 2. The molecule has 1 aliphatic carbocycles. The van der Waals surface area contributed by atoms with Gasteiger partial charge in [0, 0.05) is 11.9 Å². The molecule has 0 fully saturated rings. The lowest BCUT2D eigenvalue weighted by molar-refractivity contribution is 0.727. The van der Waals surface area contributed by atoms with Gasteiger partial charge in [0.05, 0.1) is 5.52 Å². The van der Waals surface area contributed by atoms with Crippen molar-refractivity contribution in [1.82, 2.24) is 9.55 Å². The van der Waals surface area contributed by atoms with E-state index < -0.39 is 0 Å². The Morgan fingerprint density at radius 3 is 3.06 bits per heavy atom. The van der Waals surface area contributed by atoms with Gasteiger partial charge in [-0.1, -0.05) is 18.7 Å². The molecule has 0 radical (unpaired) electrons. The molecule has 0 N–H and O–H groups in total. The van der Waals surface area contributed by atoms with Crippen molar-refractivity contribution >= 4 is 33.3 Å². The summed E-state index contributed by atoms with van der Waals surface area (Å²) in [7, 11) is 1.82. The molecule has 0 aromatic carbocycles. The normalized spacial score (nSPS) is 14.5. The topological polar surface area (TPSA) is 34.9 Å². The van der Waals surface area contributed by atoms with Crippen molar-refractivity contribution in [3.8, 4) is 0 Å². The van der Waals surface area contributed by atoms with Gasteiger partial charge in [-0.15, -0.1) is 11.3 Å². The molecule has 17 heavy (non-hydrogen) atoms. The van der Waals surface area contributed by atoms with E-state index in [0.717, 1.165) is 34.0 Å². The number of nitrogens with zero attached hydrogens (tertiary/aromatic N) is 2. The molecular formula is C12H14N2OS2. The van der Waals surface area contributed by atoms with E-state index in [2.05, 4.69) is 6.92 Å². The van der Waals surface area contributed by atoms with Gasteiger partial charge in [-0.2, -0.15) is 0 Å².